The fourth-order valence-corrected chi connectivity index (χ4v) is 3.20. The molecule has 0 spiro atoms. The Bertz CT molecular complexity index is 994. The Morgan fingerprint density at radius 2 is 1.24 bits per heavy atom. The first kappa shape index (κ1) is 15.2. The van der Waals surface area contributed by atoms with E-state index in [1.807, 2.05) is 60.7 Å². The van der Waals surface area contributed by atoms with E-state index in [0.29, 0.717) is 5.56 Å². The van der Waals surface area contributed by atoms with Gasteiger partial charge in [0, 0.05) is 5.56 Å². The van der Waals surface area contributed by atoms with Crippen molar-refractivity contribution in [2.24, 2.45) is 0 Å². The van der Waals surface area contributed by atoms with E-state index in [2.05, 4.69) is 12.1 Å². The molecule has 0 bridgehead atoms. The van der Waals surface area contributed by atoms with E-state index < -0.39 is 0 Å². The number of ketones is 1. The largest absolute Gasteiger partial charge is 0.508 e. The number of aromatic hydroxyl groups is 1. The van der Waals surface area contributed by atoms with Gasteiger partial charge >= 0.3 is 0 Å². The van der Waals surface area contributed by atoms with Gasteiger partial charge in [0.2, 0.25) is 0 Å². The van der Waals surface area contributed by atoms with Gasteiger partial charge in [0.1, 0.15) is 5.75 Å². The number of allylic oxidation sites excluding steroid dienone is 3. The highest BCUT2D eigenvalue weighted by Crippen LogP contribution is 2.37. The normalized spacial score (nSPS) is 15.0. The number of hydrogen-bond donors (Lipinski definition) is 1. The molecular formula is C23H16O2. The summed E-state index contributed by atoms with van der Waals surface area (Å²) in [7, 11) is 0. The molecule has 0 saturated heterocycles. The molecule has 0 unspecified atom stereocenters. The molecule has 0 saturated carbocycles. The molecule has 1 aliphatic rings. The second kappa shape index (κ2) is 6.25. The first-order valence-electron chi connectivity index (χ1n) is 8.15. The predicted octanol–water partition coefficient (Wildman–Crippen LogP) is 5.10. The van der Waals surface area contributed by atoms with Crippen molar-refractivity contribution in [1.29, 1.82) is 0 Å². The lowest BCUT2D eigenvalue weighted by Gasteiger charge is -2.19. The van der Waals surface area contributed by atoms with Crippen molar-refractivity contribution in [1.82, 2.24) is 0 Å². The monoisotopic (exact) mass is 324 g/mol. The van der Waals surface area contributed by atoms with Crippen LogP contribution in [0.2, 0.25) is 0 Å². The number of fused-ring (bicyclic) bond motifs is 1. The van der Waals surface area contributed by atoms with Crippen LogP contribution < -0.4 is 0 Å². The second-order valence-electron chi connectivity index (χ2n) is 5.94. The molecule has 120 valence electrons. The van der Waals surface area contributed by atoms with E-state index >= 15 is 0 Å². The zero-order valence-corrected chi connectivity index (χ0v) is 13.5. The fourth-order valence-electron chi connectivity index (χ4n) is 3.20. The summed E-state index contributed by atoms with van der Waals surface area (Å²) in [4.78, 5) is 12.2. The van der Waals surface area contributed by atoms with Crippen LogP contribution in [0.1, 0.15) is 27.0 Å². The number of hydrogen-bond acceptors (Lipinski definition) is 2. The third-order valence-electron chi connectivity index (χ3n) is 4.37. The van der Waals surface area contributed by atoms with Crippen LogP contribution in [0.4, 0.5) is 0 Å². The zero-order valence-electron chi connectivity index (χ0n) is 13.5. The summed E-state index contributed by atoms with van der Waals surface area (Å²) in [5.74, 6) is 0.258. The van der Waals surface area contributed by atoms with Crippen LogP contribution in [0, 0.1) is 0 Å². The van der Waals surface area contributed by atoms with E-state index in [9.17, 15) is 9.90 Å². The maximum atomic E-state index is 12.2. The Kier molecular flexibility index (Phi) is 3.79. The van der Waals surface area contributed by atoms with Gasteiger partial charge in [-0.15, -0.1) is 0 Å². The second-order valence-corrected chi connectivity index (χ2v) is 5.94. The van der Waals surface area contributed by atoms with Crippen molar-refractivity contribution in [3.63, 3.8) is 0 Å². The minimum atomic E-state index is 0.0254. The van der Waals surface area contributed by atoms with Crippen LogP contribution in [0.25, 0.3) is 11.1 Å². The fraction of sp³-hybridized carbons (Fsp3) is 0. The SMILES string of the molecule is O=C1C=C/C(=C(\c2ccccc2)c2ccc(O)cc2)c2ccccc21. The molecule has 0 fully saturated rings. The van der Waals surface area contributed by atoms with Gasteiger partial charge in [-0.25, -0.2) is 0 Å². The van der Waals surface area contributed by atoms with Gasteiger partial charge in [0.25, 0.3) is 0 Å². The van der Waals surface area contributed by atoms with E-state index in [4.69, 9.17) is 0 Å². The number of phenolic OH excluding ortho intramolecular Hbond substituents is 1. The maximum Gasteiger partial charge on any atom is 0.186 e. The minimum absolute atomic E-state index is 0.0254. The minimum Gasteiger partial charge on any atom is -0.508 e. The predicted molar refractivity (Wildman–Crippen MR) is 100 cm³/mol. The third kappa shape index (κ3) is 2.79. The topological polar surface area (TPSA) is 37.3 Å². The van der Waals surface area contributed by atoms with Gasteiger partial charge in [-0.1, -0.05) is 66.7 Å². The molecule has 4 rings (SSSR count). The van der Waals surface area contributed by atoms with Crippen LogP contribution in [0.15, 0.2) is 91.0 Å². The smallest absolute Gasteiger partial charge is 0.186 e. The lowest BCUT2D eigenvalue weighted by atomic mass is 9.84. The Morgan fingerprint density at radius 3 is 1.96 bits per heavy atom. The standard InChI is InChI=1S/C23H16O2/c24-18-12-10-17(11-13-18)23(16-6-2-1-3-7-16)21-14-15-22(25)20-9-5-4-8-19(20)21/h1-15,24H/b23-21-. The average Bonchev–Trinajstić information content (AvgIpc) is 2.66. The van der Waals surface area contributed by atoms with Crippen molar-refractivity contribution in [3.8, 4) is 5.75 Å². The number of benzene rings is 3. The molecule has 1 N–H and O–H groups in total. The molecule has 3 aromatic carbocycles. The Hall–Kier alpha value is -3.39. The Labute approximate surface area is 146 Å². The summed E-state index contributed by atoms with van der Waals surface area (Å²) < 4.78 is 0. The van der Waals surface area contributed by atoms with E-state index in [1.165, 1.54) is 0 Å². The molecule has 0 amide bonds. The summed E-state index contributed by atoms with van der Waals surface area (Å²) in [5.41, 5.74) is 5.75. The molecular weight excluding hydrogens is 308 g/mol. The van der Waals surface area contributed by atoms with Crippen LogP contribution in [-0.2, 0) is 0 Å². The van der Waals surface area contributed by atoms with Crippen LogP contribution in [-0.4, -0.2) is 10.9 Å². The van der Waals surface area contributed by atoms with Gasteiger partial charge in [0.15, 0.2) is 5.78 Å². The molecule has 0 heterocycles. The molecule has 2 heteroatoms. The first-order valence-corrected chi connectivity index (χ1v) is 8.15. The molecule has 0 aliphatic heterocycles. The summed E-state index contributed by atoms with van der Waals surface area (Å²) in [6.45, 7) is 0. The average molecular weight is 324 g/mol. The third-order valence-corrected chi connectivity index (χ3v) is 4.37. The summed E-state index contributed by atoms with van der Waals surface area (Å²) >= 11 is 0. The van der Waals surface area contributed by atoms with Gasteiger partial charge in [-0.05, 0) is 52.1 Å². The number of rotatable bonds is 2. The highest BCUT2D eigenvalue weighted by Gasteiger charge is 2.20. The summed E-state index contributed by atoms with van der Waals surface area (Å²) in [5, 5.41) is 9.64. The van der Waals surface area contributed by atoms with Gasteiger partial charge in [0.05, 0.1) is 0 Å². The lowest BCUT2D eigenvalue weighted by molar-refractivity contribution is 0.104. The molecule has 1 aliphatic carbocycles. The van der Waals surface area contributed by atoms with Crippen LogP contribution in [0.3, 0.4) is 0 Å². The maximum absolute atomic E-state index is 12.2. The summed E-state index contributed by atoms with van der Waals surface area (Å²) in [6, 6.07) is 24.9. The van der Waals surface area contributed by atoms with E-state index in [0.717, 1.165) is 27.8 Å². The van der Waals surface area contributed by atoms with Crippen molar-refractivity contribution in [3.05, 3.63) is 113 Å². The van der Waals surface area contributed by atoms with Gasteiger partial charge in [-0.3, -0.25) is 4.79 Å². The van der Waals surface area contributed by atoms with Crippen molar-refractivity contribution in [2.75, 3.05) is 0 Å². The molecule has 0 radical (unpaired) electrons. The highest BCUT2D eigenvalue weighted by atomic mass is 16.3. The van der Waals surface area contributed by atoms with Crippen LogP contribution >= 0.6 is 0 Å². The summed E-state index contributed by atoms with van der Waals surface area (Å²) in [6.07, 6.45) is 3.51. The highest BCUT2D eigenvalue weighted by molar-refractivity contribution is 6.16. The lowest BCUT2D eigenvalue weighted by Crippen LogP contribution is -2.06. The Balaban J connectivity index is 2.04. The van der Waals surface area contributed by atoms with Gasteiger partial charge in [-0.2, -0.15) is 0 Å². The quantitative estimate of drug-likeness (QED) is 0.712. The van der Waals surface area contributed by atoms with Gasteiger partial charge < -0.3 is 5.11 Å². The molecule has 3 aromatic rings. The number of carbonyl (C=O) groups is 1. The first-order chi connectivity index (χ1) is 12.2. The molecule has 0 atom stereocenters. The number of phenols is 1. The van der Waals surface area contributed by atoms with Crippen molar-refractivity contribution < 1.29 is 9.90 Å². The van der Waals surface area contributed by atoms with Crippen molar-refractivity contribution >= 4 is 16.9 Å². The molecule has 25 heavy (non-hydrogen) atoms. The van der Waals surface area contributed by atoms with E-state index in [1.54, 1.807) is 18.2 Å². The zero-order chi connectivity index (χ0) is 17.2. The van der Waals surface area contributed by atoms with Crippen LogP contribution in [0.5, 0.6) is 5.75 Å². The number of carbonyl (C=O) groups excluding carboxylic acids is 1. The Morgan fingerprint density at radius 1 is 0.640 bits per heavy atom. The molecule has 0 aromatic heterocycles. The van der Waals surface area contributed by atoms with E-state index in [-0.39, 0.29) is 11.5 Å². The van der Waals surface area contributed by atoms with Crippen molar-refractivity contribution in [2.45, 2.75) is 0 Å². The molecule has 2 nitrogen and oxygen atoms in total.